The van der Waals surface area contributed by atoms with Crippen LogP contribution in [0.4, 0.5) is 0 Å². The summed E-state index contributed by atoms with van der Waals surface area (Å²) in [6, 6.07) is 8.22. The van der Waals surface area contributed by atoms with Crippen LogP contribution >= 0.6 is 0 Å². The van der Waals surface area contributed by atoms with Gasteiger partial charge in [0.1, 0.15) is 5.75 Å². The summed E-state index contributed by atoms with van der Waals surface area (Å²) in [6.07, 6.45) is 4.16. The molecule has 0 spiro atoms. The Morgan fingerprint density at radius 1 is 1.31 bits per heavy atom. The van der Waals surface area contributed by atoms with Crippen molar-refractivity contribution >= 4 is 0 Å². The minimum Gasteiger partial charge on any atom is -0.497 e. The largest absolute Gasteiger partial charge is 0.497 e. The van der Waals surface area contributed by atoms with Crippen molar-refractivity contribution in [3.63, 3.8) is 0 Å². The van der Waals surface area contributed by atoms with Gasteiger partial charge >= 0.3 is 0 Å². The maximum atomic E-state index is 5.12. The molecule has 0 radical (unpaired) electrons. The molecule has 86 valence electrons. The van der Waals surface area contributed by atoms with Gasteiger partial charge in [0.05, 0.1) is 7.11 Å². The van der Waals surface area contributed by atoms with E-state index in [2.05, 4.69) is 31.7 Å². The molecule has 1 heteroatoms. The van der Waals surface area contributed by atoms with Crippen LogP contribution in [0, 0.1) is 0 Å². The second-order valence-corrected chi connectivity index (χ2v) is 3.92. The first-order chi connectivity index (χ1) is 7.67. The summed E-state index contributed by atoms with van der Waals surface area (Å²) in [4.78, 5) is 0. The van der Waals surface area contributed by atoms with E-state index in [1.807, 2.05) is 19.1 Å². The number of allylic oxidation sites excluding steroid dienone is 3. The molecule has 16 heavy (non-hydrogen) atoms. The normalized spacial score (nSPS) is 11.3. The summed E-state index contributed by atoms with van der Waals surface area (Å²) in [5, 5.41) is 0. The Morgan fingerprint density at radius 3 is 2.44 bits per heavy atom. The Morgan fingerprint density at radius 2 is 1.94 bits per heavy atom. The molecule has 1 aromatic carbocycles. The summed E-state index contributed by atoms with van der Waals surface area (Å²) in [5.41, 5.74) is 3.83. The van der Waals surface area contributed by atoms with Crippen molar-refractivity contribution in [3.05, 3.63) is 53.6 Å². The highest BCUT2D eigenvalue weighted by atomic mass is 16.5. The van der Waals surface area contributed by atoms with Gasteiger partial charge in [0, 0.05) is 0 Å². The average Bonchev–Trinajstić information content (AvgIpc) is 2.35. The summed E-state index contributed by atoms with van der Waals surface area (Å²) in [5.74, 6) is 0.909. The van der Waals surface area contributed by atoms with Gasteiger partial charge in [0.15, 0.2) is 0 Å². The Balaban J connectivity index is 2.52. The minimum absolute atomic E-state index is 0.909. The molecule has 0 aliphatic rings. The predicted molar refractivity (Wildman–Crippen MR) is 69.9 cm³/mol. The van der Waals surface area contributed by atoms with Gasteiger partial charge in [0.2, 0.25) is 0 Å². The topological polar surface area (TPSA) is 9.23 Å². The van der Waals surface area contributed by atoms with E-state index in [0.717, 1.165) is 18.6 Å². The van der Waals surface area contributed by atoms with Crippen LogP contribution in [0.25, 0.3) is 0 Å². The van der Waals surface area contributed by atoms with Crippen molar-refractivity contribution in [1.29, 1.82) is 0 Å². The van der Waals surface area contributed by atoms with E-state index in [1.54, 1.807) is 7.11 Å². The molecular formula is C15H20O. The molecule has 0 fully saturated rings. The molecule has 0 N–H and O–H groups in total. The smallest absolute Gasteiger partial charge is 0.118 e. The highest BCUT2D eigenvalue weighted by Gasteiger charge is 1.98. The van der Waals surface area contributed by atoms with Crippen LogP contribution in [0.2, 0.25) is 0 Å². The van der Waals surface area contributed by atoms with Crippen LogP contribution in [0.1, 0.15) is 25.8 Å². The van der Waals surface area contributed by atoms with E-state index in [1.165, 1.54) is 16.7 Å². The molecule has 0 aromatic heterocycles. The van der Waals surface area contributed by atoms with Gasteiger partial charge in [0.25, 0.3) is 0 Å². The minimum atomic E-state index is 0.909. The van der Waals surface area contributed by atoms with Gasteiger partial charge in [-0.3, -0.25) is 0 Å². The Kier molecular flexibility index (Phi) is 4.84. The fourth-order valence-corrected chi connectivity index (χ4v) is 1.49. The number of aryl methyl sites for hydroxylation is 1. The van der Waals surface area contributed by atoms with E-state index in [4.69, 9.17) is 4.74 Å². The molecule has 1 nitrogen and oxygen atoms in total. The Bertz CT molecular complexity index is 371. The van der Waals surface area contributed by atoms with Gasteiger partial charge in [-0.1, -0.05) is 35.9 Å². The number of benzene rings is 1. The predicted octanol–water partition coefficient (Wildman–Crippen LogP) is 4.15. The van der Waals surface area contributed by atoms with E-state index < -0.39 is 0 Å². The Hall–Kier alpha value is -1.50. The number of ether oxygens (including phenoxy) is 1. The standard InChI is InChI=1S/C15H20O/c1-5-12(2)13(3)6-7-14-8-10-15(16-4)11-9-14/h5,8-11H,3,6-7H2,1-2,4H3/b12-5+. The zero-order valence-electron chi connectivity index (χ0n) is 10.4. The monoisotopic (exact) mass is 216 g/mol. The van der Waals surface area contributed by atoms with E-state index in [9.17, 15) is 0 Å². The van der Waals surface area contributed by atoms with Crippen molar-refractivity contribution in [2.75, 3.05) is 7.11 Å². The van der Waals surface area contributed by atoms with Crippen molar-refractivity contribution < 1.29 is 4.74 Å². The van der Waals surface area contributed by atoms with Crippen LogP contribution in [0.5, 0.6) is 5.75 Å². The molecule has 0 unspecified atom stereocenters. The SMILES string of the molecule is C=C(CCc1ccc(OC)cc1)/C(C)=C/C. The average molecular weight is 216 g/mol. The fourth-order valence-electron chi connectivity index (χ4n) is 1.49. The number of hydrogen-bond donors (Lipinski definition) is 0. The Labute approximate surface area is 98.5 Å². The molecule has 0 aliphatic carbocycles. The van der Waals surface area contributed by atoms with Crippen LogP contribution in [0.3, 0.4) is 0 Å². The first-order valence-electron chi connectivity index (χ1n) is 5.61. The zero-order valence-corrected chi connectivity index (χ0v) is 10.4. The molecule has 0 atom stereocenters. The van der Waals surface area contributed by atoms with Gasteiger partial charge in [-0.15, -0.1) is 0 Å². The molecule has 0 aliphatic heterocycles. The first kappa shape index (κ1) is 12.6. The van der Waals surface area contributed by atoms with Gasteiger partial charge in [-0.2, -0.15) is 0 Å². The lowest BCUT2D eigenvalue weighted by molar-refractivity contribution is 0.414. The molecular weight excluding hydrogens is 196 g/mol. The fraction of sp³-hybridized carbons (Fsp3) is 0.333. The maximum Gasteiger partial charge on any atom is 0.118 e. The molecule has 0 amide bonds. The van der Waals surface area contributed by atoms with Gasteiger partial charge in [-0.05, 0) is 44.4 Å². The van der Waals surface area contributed by atoms with E-state index in [0.29, 0.717) is 0 Å². The summed E-state index contributed by atoms with van der Waals surface area (Å²) in [7, 11) is 1.69. The van der Waals surface area contributed by atoms with Crippen molar-refractivity contribution in [1.82, 2.24) is 0 Å². The number of rotatable bonds is 5. The third kappa shape index (κ3) is 3.58. The zero-order chi connectivity index (χ0) is 12.0. The third-order valence-electron chi connectivity index (χ3n) is 2.87. The van der Waals surface area contributed by atoms with E-state index >= 15 is 0 Å². The lowest BCUT2D eigenvalue weighted by Crippen LogP contribution is -1.90. The van der Waals surface area contributed by atoms with Gasteiger partial charge in [-0.25, -0.2) is 0 Å². The molecule has 1 aromatic rings. The maximum absolute atomic E-state index is 5.12. The molecule has 0 saturated heterocycles. The highest BCUT2D eigenvalue weighted by molar-refractivity contribution is 5.30. The first-order valence-corrected chi connectivity index (χ1v) is 5.61. The summed E-state index contributed by atoms with van der Waals surface area (Å²) >= 11 is 0. The van der Waals surface area contributed by atoms with Crippen LogP contribution < -0.4 is 4.74 Å². The molecule has 1 rings (SSSR count). The molecule has 0 saturated carbocycles. The second kappa shape index (κ2) is 6.16. The quantitative estimate of drug-likeness (QED) is 0.672. The van der Waals surface area contributed by atoms with Crippen LogP contribution in [-0.2, 0) is 6.42 Å². The van der Waals surface area contributed by atoms with Crippen molar-refractivity contribution in [3.8, 4) is 5.75 Å². The molecule has 0 bridgehead atoms. The molecule has 0 heterocycles. The van der Waals surface area contributed by atoms with E-state index in [-0.39, 0.29) is 0 Å². The summed E-state index contributed by atoms with van der Waals surface area (Å²) < 4.78 is 5.12. The van der Waals surface area contributed by atoms with Crippen LogP contribution in [0.15, 0.2) is 48.1 Å². The third-order valence-corrected chi connectivity index (χ3v) is 2.87. The lowest BCUT2D eigenvalue weighted by Gasteiger charge is -2.06. The number of methoxy groups -OCH3 is 1. The number of hydrogen-bond acceptors (Lipinski definition) is 1. The van der Waals surface area contributed by atoms with Crippen molar-refractivity contribution in [2.24, 2.45) is 0 Å². The van der Waals surface area contributed by atoms with Gasteiger partial charge < -0.3 is 4.74 Å². The highest BCUT2D eigenvalue weighted by Crippen LogP contribution is 2.17. The second-order valence-electron chi connectivity index (χ2n) is 3.92. The van der Waals surface area contributed by atoms with Crippen LogP contribution in [-0.4, -0.2) is 7.11 Å². The van der Waals surface area contributed by atoms with Crippen molar-refractivity contribution in [2.45, 2.75) is 26.7 Å². The lowest BCUT2D eigenvalue weighted by atomic mass is 10.0. The summed E-state index contributed by atoms with van der Waals surface area (Å²) in [6.45, 7) is 8.24.